The summed E-state index contributed by atoms with van der Waals surface area (Å²) in [5.74, 6) is 0.730. The minimum Gasteiger partial charge on any atom is -0.495 e. The summed E-state index contributed by atoms with van der Waals surface area (Å²) in [5, 5.41) is 10.9. The number of nitro benzene ring substituents is 1. The maximum absolute atomic E-state index is 12.7. The van der Waals surface area contributed by atoms with E-state index in [2.05, 4.69) is 16.5 Å². The van der Waals surface area contributed by atoms with E-state index in [1.54, 1.807) is 0 Å². The number of ether oxygens (including phenoxy) is 1. The first-order chi connectivity index (χ1) is 14.3. The summed E-state index contributed by atoms with van der Waals surface area (Å²) in [5.41, 5.74) is 1.80. The molecule has 0 aliphatic carbocycles. The zero-order chi connectivity index (χ0) is 21.7. The normalized spacial score (nSPS) is 15.8. The van der Waals surface area contributed by atoms with Gasteiger partial charge in [0.25, 0.3) is 5.69 Å². The van der Waals surface area contributed by atoms with Gasteiger partial charge < -0.3 is 4.74 Å². The Morgan fingerprint density at radius 1 is 1.13 bits per heavy atom. The fourth-order valence-electron chi connectivity index (χ4n) is 3.49. The molecule has 1 N–H and O–H groups in total. The molecule has 0 aromatic heterocycles. The highest BCUT2D eigenvalue weighted by Gasteiger charge is 2.22. The Morgan fingerprint density at radius 3 is 2.37 bits per heavy atom. The van der Waals surface area contributed by atoms with E-state index in [1.165, 1.54) is 31.6 Å². The third-order valence-corrected chi connectivity index (χ3v) is 6.86. The second kappa shape index (κ2) is 9.55. The molecular weight excluding hydrogens is 406 g/mol. The van der Waals surface area contributed by atoms with Crippen LogP contribution in [0, 0.1) is 16.0 Å². The zero-order valence-corrected chi connectivity index (χ0v) is 18.0. The van der Waals surface area contributed by atoms with Crippen molar-refractivity contribution >= 4 is 15.7 Å². The fraction of sp³-hybridized carbons (Fsp3) is 0.429. The first-order valence-corrected chi connectivity index (χ1v) is 11.4. The zero-order valence-electron chi connectivity index (χ0n) is 17.2. The van der Waals surface area contributed by atoms with Gasteiger partial charge in [-0.1, -0.05) is 31.2 Å². The van der Waals surface area contributed by atoms with Gasteiger partial charge >= 0.3 is 0 Å². The third-order valence-electron chi connectivity index (χ3n) is 5.42. The summed E-state index contributed by atoms with van der Waals surface area (Å²) in [6, 6.07) is 11.3. The van der Waals surface area contributed by atoms with Gasteiger partial charge in [-0.25, -0.2) is 13.1 Å². The van der Waals surface area contributed by atoms with E-state index in [0.717, 1.165) is 43.2 Å². The lowest BCUT2D eigenvalue weighted by Crippen LogP contribution is -2.32. The molecule has 1 aliphatic heterocycles. The number of non-ortho nitro benzene ring substituents is 1. The van der Waals surface area contributed by atoms with E-state index in [0.29, 0.717) is 0 Å². The topological polar surface area (TPSA) is 102 Å². The van der Waals surface area contributed by atoms with E-state index in [4.69, 9.17) is 4.74 Å². The van der Waals surface area contributed by atoms with Gasteiger partial charge in [-0.2, -0.15) is 0 Å². The monoisotopic (exact) mass is 433 g/mol. The van der Waals surface area contributed by atoms with Gasteiger partial charge in [-0.3, -0.25) is 15.0 Å². The molecule has 0 atom stereocenters. The molecule has 0 bridgehead atoms. The number of methoxy groups -OCH3 is 1. The van der Waals surface area contributed by atoms with Gasteiger partial charge in [-0.05, 0) is 49.0 Å². The molecule has 9 heteroatoms. The van der Waals surface area contributed by atoms with Crippen molar-refractivity contribution in [2.75, 3.05) is 20.2 Å². The van der Waals surface area contributed by atoms with Crippen molar-refractivity contribution in [1.29, 1.82) is 0 Å². The molecule has 162 valence electrons. The first-order valence-electron chi connectivity index (χ1n) is 9.91. The van der Waals surface area contributed by atoms with Crippen LogP contribution in [0.2, 0.25) is 0 Å². The number of sulfonamides is 1. The van der Waals surface area contributed by atoms with Crippen LogP contribution < -0.4 is 9.46 Å². The molecule has 1 heterocycles. The Kier molecular flexibility index (Phi) is 7.06. The second-order valence-corrected chi connectivity index (χ2v) is 9.43. The van der Waals surface area contributed by atoms with Gasteiger partial charge in [0.05, 0.1) is 18.1 Å². The molecule has 0 amide bonds. The lowest BCUT2D eigenvalue weighted by Gasteiger charge is -2.30. The molecule has 3 rings (SSSR count). The van der Waals surface area contributed by atoms with Crippen molar-refractivity contribution < 1.29 is 18.1 Å². The van der Waals surface area contributed by atoms with Gasteiger partial charge in [0.1, 0.15) is 10.6 Å². The molecule has 0 radical (unpaired) electrons. The summed E-state index contributed by atoms with van der Waals surface area (Å²) in [4.78, 5) is 12.6. The molecule has 2 aromatic carbocycles. The van der Waals surface area contributed by atoms with Gasteiger partial charge in [0.15, 0.2) is 0 Å². The van der Waals surface area contributed by atoms with Crippen molar-refractivity contribution in [1.82, 2.24) is 9.62 Å². The van der Waals surface area contributed by atoms with Crippen LogP contribution in [-0.4, -0.2) is 38.4 Å². The van der Waals surface area contributed by atoms with Crippen LogP contribution in [0.4, 0.5) is 5.69 Å². The molecule has 8 nitrogen and oxygen atoms in total. The lowest BCUT2D eigenvalue weighted by atomic mass is 9.99. The molecule has 1 saturated heterocycles. The molecule has 2 aromatic rings. The quantitative estimate of drug-likeness (QED) is 0.506. The molecule has 30 heavy (non-hydrogen) atoms. The summed E-state index contributed by atoms with van der Waals surface area (Å²) >= 11 is 0. The van der Waals surface area contributed by atoms with Gasteiger partial charge in [0.2, 0.25) is 10.0 Å². The highest BCUT2D eigenvalue weighted by molar-refractivity contribution is 7.89. The highest BCUT2D eigenvalue weighted by atomic mass is 32.2. The van der Waals surface area contributed by atoms with Gasteiger partial charge in [0, 0.05) is 19.2 Å². The van der Waals surface area contributed by atoms with Crippen molar-refractivity contribution in [3.63, 3.8) is 0 Å². The maximum Gasteiger partial charge on any atom is 0.273 e. The number of piperidine rings is 1. The SMILES string of the molecule is COc1cc([N+](=O)[O-])ccc1S(=O)(=O)NCc1ccc(CN2CCC(C)CC2)cc1. The van der Waals surface area contributed by atoms with Crippen LogP contribution in [0.1, 0.15) is 30.9 Å². The van der Waals surface area contributed by atoms with E-state index < -0.39 is 14.9 Å². The Labute approximate surface area is 177 Å². The Hall–Kier alpha value is -2.49. The molecule has 1 fully saturated rings. The van der Waals surface area contributed by atoms with Gasteiger partial charge in [-0.15, -0.1) is 0 Å². The first kappa shape index (κ1) is 22.2. The number of nitro groups is 1. The summed E-state index contributed by atoms with van der Waals surface area (Å²) < 4.78 is 32.9. The Balaban J connectivity index is 1.62. The molecule has 0 spiro atoms. The van der Waals surface area contributed by atoms with E-state index in [1.807, 2.05) is 24.3 Å². The molecule has 1 aliphatic rings. The minimum atomic E-state index is -3.89. The number of likely N-dealkylation sites (tertiary alicyclic amines) is 1. The molecular formula is C21H27N3O5S. The lowest BCUT2D eigenvalue weighted by molar-refractivity contribution is -0.385. The Morgan fingerprint density at radius 2 is 1.77 bits per heavy atom. The largest absolute Gasteiger partial charge is 0.495 e. The van der Waals surface area contributed by atoms with E-state index in [9.17, 15) is 18.5 Å². The van der Waals surface area contributed by atoms with E-state index >= 15 is 0 Å². The summed E-state index contributed by atoms with van der Waals surface area (Å²) in [7, 11) is -2.61. The number of nitrogens with zero attached hydrogens (tertiary/aromatic N) is 2. The van der Waals surface area contributed by atoms with Crippen LogP contribution in [0.3, 0.4) is 0 Å². The standard InChI is InChI=1S/C21H27N3O5S/c1-16-9-11-23(12-10-16)15-18-5-3-17(4-6-18)14-22-30(27,28)21-8-7-19(24(25)26)13-20(21)29-2/h3-8,13,16,22H,9-12,14-15H2,1-2H3. The van der Waals surface area contributed by atoms with Crippen molar-refractivity contribution in [3.8, 4) is 5.75 Å². The number of hydrogen-bond donors (Lipinski definition) is 1. The predicted molar refractivity (Wildman–Crippen MR) is 114 cm³/mol. The third kappa shape index (κ3) is 5.56. The molecule has 0 unspecified atom stereocenters. The van der Waals surface area contributed by atoms with Crippen LogP contribution in [0.5, 0.6) is 5.75 Å². The number of hydrogen-bond acceptors (Lipinski definition) is 6. The average Bonchev–Trinajstić information content (AvgIpc) is 2.74. The predicted octanol–water partition coefficient (Wildman–Crippen LogP) is 3.31. The van der Waals surface area contributed by atoms with Crippen molar-refractivity contribution in [2.24, 2.45) is 5.92 Å². The minimum absolute atomic E-state index is 0.0668. The van der Waals surface area contributed by atoms with Crippen LogP contribution in [0.25, 0.3) is 0 Å². The smallest absolute Gasteiger partial charge is 0.273 e. The van der Waals surface area contributed by atoms with Crippen LogP contribution in [0.15, 0.2) is 47.4 Å². The summed E-state index contributed by atoms with van der Waals surface area (Å²) in [6.07, 6.45) is 2.46. The summed E-state index contributed by atoms with van der Waals surface area (Å²) in [6.45, 7) is 5.53. The van der Waals surface area contributed by atoms with E-state index in [-0.39, 0.29) is 22.9 Å². The number of benzene rings is 2. The number of nitrogens with one attached hydrogen (secondary N) is 1. The Bertz CT molecular complexity index is 984. The fourth-order valence-corrected chi connectivity index (χ4v) is 4.66. The maximum atomic E-state index is 12.7. The van der Waals surface area contributed by atoms with Crippen LogP contribution in [-0.2, 0) is 23.1 Å². The number of rotatable bonds is 8. The highest BCUT2D eigenvalue weighted by Crippen LogP contribution is 2.28. The van der Waals surface area contributed by atoms with Crippen molar-refractivity contribution in [3.05, 3.63) is 63.7 Å². The second-order valence-electron chi connectivity index (χ2n) is 7.69. The van der Waals surface area contributed by atoms with Crippen molar-refractivity contribution in [2.45, 2.75) is 37.8 Å². The van der Waals surface area contributed by atoms with Crippen LogP contribution >= 0.6 is 0 Å². The molecule has 0 saturated carbocycles. The average molecular weight is 434 g/mol.